The van der Waals surface area contributed by atoms with Crippen molar-refractivity contribution in [1.82, 2.24) is 10.3 Å². The molecule has 0 fully saturated rings. The second-order valence-corrected chi connectivity index (χ2v) is 5.00. The summed E-state index contributed by atoms with van der Waals surface area (Å²) in [7, 11) is 0. The van der Waals surface area contributed by atoms with Gasteiger partial charge in [0, 0.05) is 18.8 Å². The van der Waals surface area contributed by atoms with Gasteiger partial charge in [-0.1, -0.05) is 36.4 Å². The van der Waals surface area contributed by atoms with E-state index in [9.17, 15) is 5.11 Å². The summed E-state index contributed by atoms with van der Waals surface area (Å²) >= 11 is 0. The second-order valence-electron chi connectivity index (χ2n) is 5.00. The Hall–Kier alpha value is -1.71. The summed E-state index contributed by atoms with van der Waals surface area (Å²) in [5.41, 5.74) is 1.01. The third-order valence-corrected chi connectivity index (χ3v) is 3.28. The zero-order chi connectivity index (χ0) is 13.7. The monoisotopic (exact) mass is 256 g/mol. The quantitative estimate of drug-likeness (QED) is 0.864. The van der Waals surface area contributed by atoms with E-state index in [0.29, 0.717) is 6.54 Å². The van der Waals surface area contributed by atoms with Gasteiger partial charge in [0.25, 0.3) is 0 Å². The molecule has 1 heterocycles. The molecule has 1 aromatic heterocycles. The molecule has 2 rings (SSSR count). The van der Waals surface area contributed by atoms with Gasteiger partial charge in [-0.2, -0.15) is 0 Å². The van der Waals surface area contributed by atoms with Crippen molar-refractivity contribution in [2.45, 2.75) is 25.5 Å². The van der Waals surface area contributed by atoms with Crippen LogP contribution in [0.4, 0.5) is 0 Å². The van der Waals surface area contributed by atoms with E-state index in [0.717, 1.165) is 11.3 Å². The van der Waals surface area contributed by atoms with Crippen molar-refractivity contribution < 1.29 is 5.11 Å². The number of nitrogens with zero attached hydrogens (tertiary/aromatic N) is 1. The summed E-state index contributed by atoms with van der Waals surface area (Å²) in [4.78, 5) is 4.31. The van der Waals surface area contributed by atoms with E-state index in [1.807, 2.05) is 62.4 Å². The third kappa shape index (κ3) is 3.63. The first-order valence-corrected chi connectivity index (χ1v) is 6.52. The molecule has 19 heavy (non-hydrogen) atoms. The van der Waals surface area contributed by atoms with Gasteiger partial charge in [-0.15, -0.1) is 0 Å². The summed E-state index contributed by atoms with van der Waals surface area (Å²) < 4.78 is 0. The average Bonchev–Trinajstić information content (AvgIpc) is 2.47. The third-order valence-electron chi connectivity index (χ3n) is 3.28. The van der Waals surface area contributed by atoms with E-state index in [1.165, 1.54) is 0 Å². The molecule has 0 aliphatic carbocycles. The van der Waals surface area contributed by atoms with Gasteiger partial charge < -0.3 is 10.4 Å². The Morgan fingerprint density at radius 1 is 1.16 bits per heavy atom. The summed E-state index contributed by atoms with van der Waals surface area (Å²) in [6, 6.07) is 15.7. The van der Waals surface area contributed by atoms with E-state index in [2.05, 4.69) is 10.3 Å². The minimum absolute atomic E-state index is 0.108. The highest BCUT2D eigenvalue weighted by molar-refractivity contribution is 5.22. The maximum atomic E-state index is 10.5. The van der Waals surface area contributed by atoms with Crippen molar-refractivity contribution in [3.05, 3.63) is 66.0 Å². The van der Waals surface area contributed by atoms with Gasteiger partial charge in [0.15, 0.2) is 0 Å². The summed E-state index contributed by atoms with van der Waals surface area (Å²) in [5.74, 6) is 0. The Kier molecular flexibility index (Phi) is 4.30. The smallest absolute Gasteiger partial charge is 0.0992 e. The molecule has 0 radical (unpaired) electrons. The molecule has 0 bridgehead atoms. The highest BCUT2D eigenvalue weighted by Gasteiger charge is 2.23. The van der Waals surface area contributed by atoms with Gasteiger partial charge in [0.1, 0.15) is 0 Å². The van der Waals surface area contributed by atoms with Crippen LogP contribution in [0.25, 0.3) is 0 Å². The molecule has 3 heteroatoms. The maximum absolute atomic E-state index is 10.5. The molecule has 0 aliphatic rings. The largest absolute Gasteiger partial charge is 0.384 e. The molecule has 100 valence electrons. The van der Waals surface area contributed by atoms with Gasteiger partial charge in [-0.25, -0.2) is 0 Å². The lowest BCUT2D eigenvalue weighted by atomic mass is 9.96. The molecule has 0 spiro atoms. The number of benzene rings is 1. The van der Waals surface area contributed by atoms with Crippen LogP contribution in [0.1, 0.15) is 31.1 Å². The fourth-order valence-electron chi connectivity index (χ4n) is 1.99. The van der Waals surface area contributed by atoms with Crippen molar-refractivity contribution in [1.29, 1.82) is 0 Å². The Labute approximate surface area is 114 Å². The molecule has 2 unspecified atom stereocenters. The van der Waals surface area contributed by atoms with Crippen molar-refractivity contribution in [3.63, 3.8) is 0 Å². The number of aliphatic hydroxyl groups is 1. The first kappa shape index (κ1) is 13.7. The molecule has 0 amide bonds. The number of hydrogen-bond acceptors (Lipinski definition) is 3. The van der Waals surface area contributed by atoms with Gasteiger partial charge in [0.2, 0.25) is 0 Å². The standard InChI is InChI=1S/C16H20N2O/c1-13(15-10-6-7-11-17-15)18-12-16(2,19)14-8-4-3-5-9-14/h3-11,13,18-19H,12H2,1-2H3. The molecule has 0 saturated carbocycles. The number of hydrogen-bond donors (Lipinski definition) is 2. The van der Waals surface area contributed by atoms with E-state index in [4.69, 9.17) is 0 Å². The Morgan fingerprint density at radius 2 is 1.84 bits per heavy atom. The number of aromatic nitrogens is 1. The molecule has 1 aromatic carbocycles. The molecule has 2 atom stereocenters. The van der Waals surface area contributed by atoms with Crippen LogP contribution in [0.2, 0.25) is 0 Å². The zero-order valence-electron chi connectivity index (χ0n) is 11.4. The summed E-state index contributed by atoms with van der Waals surface area (Å²) in [5, 5.41) is 13.8. The first-order chi connectivity index (χ1) is 9.09. The van der Waals surface area contributed by atoms with E-state index < -0.39 is 5.60 Å². The molecule has 2 aromatic rings. The Balaban J connectivity index is 1.99. The lowest BCUT2D eigenvalue weighted by molar-refractivity contribution is 0.0542. The lowest BCUT2D eigenvalue weighted by Gasteiger charge is -2.26. The fraction of sp³-hybridized carbons (Fsp3) is 0.312. The Bertz CT molecular complexity index is 497. The number of rotatable bonds is 5. The normalized spacial score (nSPS) is 15.7. The lowest BCUT2D eigenvalue weighted by Crippen LogP contribution is -2.36. The minimum atomic E-state index is -0.885. The highest BCUT2D eigenvalue weighted by atomic mass is 16.3. The predicted octanol–water partition coefficient (Wildman–Crippen LogP) is 2.64. The zero-order valence-corrected chi connectivity index (χ0v) is 11.4. The average molecular weight is 256 g/mol. The van der Waals surface area contributed by atoms with E-state index in [1.54, 1.807) is 6.20 Å². The van der Waals surface area contributed by atoms with Crippen molar-refractivity contribution >= 4 is 0 Å². The topological polar surface area (TPSA) is 45.1 Å². The van der Waals surface area contributed by atoms with Crippen LogP contribution in [0, 0.1) is 0 Å². The van der Waals surface area contributed by atoms with Crippen molar-refractivity contribution in [2.75, 3.05) is 6.54 Å². The van der Waals surface area contributed by atoms with Gasteiger partial charge in [0.05, 0.1) is 11.3 Å². The second kappa shape index (κ2) is 5.95. The van der Waals surface area contributed by atoms with Crippen LogP contribution in [0.5, 0.6) is 0 Å². The maximum Gasteiger partial charge on any atom is 0.0992 e. The first-order valence-electron chi connectivity index (χ1n) is 6.52. The summed E-state index contributed by atoms with van der Waals surface area (Å²) in [6.45, 7) is 4.35. The number of nitrogens with one attached hydrogen (secondary N) is 1. The van der Waals surface area contributed by atoms with Crippen LogP contribution in [-0.2, 0) is 5.60 Å². The predicted molar refractivity (Wildman–Crippen MR) is 76.7 cm³/mol. The van der Waals surface area contributed by atoms with Crippen LogP contribution >= 0.6 is 0 Å². The SMILES string of the molecule is CC(NCC(C)(O)c1ccccc1)c1ccccn1. The van der Waals surface area contributed by atoms with Crippen molar-refractivity contribution in [3.8, 4) is 0 Å². The van der Waals surface area contributed by atoms with E-state index >= 15 is 0 Å². The van der Waals surface area contributed by atoms with Crippen LogP contribution < -0.4 is 5.32 Å². The van der Waals surface area contributed by atoms with Gasteiger partial charge >= 0.3 is 0 Å². The molecule has 0 saturated heterocycles. The summed E-state index contributed by atoms with van der Waals surface area (Å²) in [6.07, 6.45) is 1.78. The Morgan fingerprint density at radius 3 is 2.47 bits per heavy atom. The molecular weight excluding hydrogens is 236 g/mol. The fourth-order valence-corrected chi connectivity index (χ4v) is 1.99. The molecular formula is C16H20N2O. The van der Waals surface area contributed by atoms with Crippen LogP contribution in [-0.4, -0.2) is 16.6 Å². The molecule has 3 nitrogen and oxygen atoms in total. The number of pyridine rings is 1. The van der Waals surface area contributed by atoms with Crippen LogP contribution in [0.3, 0.4) is 0 Å². The molecule has 0 aliphatic heterocycles. The van der Waals surface area contributed by atoms with Gasteiger partial charge in [-0.3, -0.25) is 4.98 Å². The highest BCUT2D eigenvalue weighted by Crippen LogP contribution is 2.20. The van der Waals surface area contributed by atoms with Gasteiger partial charge in [-0.05, 0) is 31.5 Å². The van der Waals surface area contributed by atoms with Crippen LogP contribution in [0.15, 0.2) is 54.7 Å². The van der Waals surface area contributed by atoms with E-state index in [-0.39, 0.29) is 6.04 Å². The minimum Gasteiger partial charge on any atom is -0.384 e. The molecule has 2 N–H and O–H groups in total. The van der Waals surface area contributed by atoms with Crippen molar-refractivity contribution in [2.24, 2.45) is 0 Å².